The summed E-state index contributed by atoms with van der Waals surface area (Å²) in [4.78, 5) is 30.7. The van der Waals surface area contributed by atoms with Crippen LogP contribution in [0.2, 0.25) is 0 Å². The van der Waals surface area contributed by atoms with E-state index < -0.39 is 25.4 Å². The summed E-state index contributed by atoms with van der Waals surface area (Å²) >= 11 is 0. The van der Waals surface area contributed by atoms with Crippen molar-refractivity contribution in [3.05, 3.63) is 12.7 Å². The molecule has 0 fully saturated rings. The first-order chi connectivity index (χ1) is 8.24. The van der Waals surface area contributed by atoms with E-state index in [2.05, 4.69) is 16.1 Å². The number of rotatable bonds is 8. The highest BCUT2D eigenvalue weighted by atomic mass is 31.2. The summed E-state index contributed by atoms with van der Waals surface area (Å²) < 4.78 is 20.0. The summed E-state index contributed by atoms with van der Waals surface area (Å²) in [5, 5.41) is 9.28. The number of carbonyl (C=O) groups excluding carboxylic acids is 2. The molecule has 104 valence electrons. The molecular formula is C10H17O7P. The smallest absolute Gasteiger partial charge is 0.330 e. The lowest BCUT2D eigenvalue weighted by molar-refractivity contribution is -0.149. The molecule has 2 atom stereocenters. The largest absolute Gasteiger partial charge is 0.463 e. The van der Waals surface area contributed by atoms with E-state index in [1.54, 1.807) is 0 Å². The van der Waals surface area contributed by atoms with Crippen LogP contribution in [0.15, 0.2) is 12.7 Å². The quantitative estimate of drug-likeness (QED) is 0.363. The molecule has 8 heteroatoms. The molecule has 7 nitrogen and oxygen atoms in total. The van der Waals surface area contributed by atoms with Crippen LogP contribution in [0.1, 0.15) is 6.42 Å². The van der Waals surface area contributed by atoms with Gasteiger partial charge in [0.05, 0.1) is 6.42 Å². The van der Waals surface area contributed by atoms with Crippen molar-refractivity contribution in [2.75, 3.05) is 26.0 Å². The van der Waals surface area contributed by atoms with Gasteiger partial charge in [0.15, 0.2) is 7.37 Å². The summed E-state index contributed by atoms with van der Waals surface area (Å²) in [7, 11) is -3.24. The lowest BCUT2D eigenvalue weighted by atomic mass is 10.4. The normalized spacial score (nSPS) is 15.3. The van der Waals surface area contributed by atoms with Crippen molar-refractivity contribution in [3.8, 4) is 0 Å². The van der Waals surface area contributed by atoms with E-state index in [0.29, 0.717) is 0 Å². The zero-order valence-electron chi connectivity index (χ0n) is 10.1. The Morgan fingerprint density at radius 2 is 1.94 bits per heavy atom. The SMILES string of the molecule is C=CC(=O)OCC(O)COC(=O)CCP(C)(=O)O. The molecule has 18 heavy (non-hydrogen) atoms. The Bertz CT molecular complexity index is 346. The summed E-state index contributed by atoms with van der Waals surface area (Å²) in [6.45, 7) is 3.65. The zero-order chi connectivity index (χ0) is 14.2. The van der Waals surface area contributed by atoms with E-state index in [4.69, 9.17) is 4.89 Å². The number of hydrogen-bond donors (Lipinski definition) is 2. The molecule has 2 unspecified atom stereocenters. The summed E-state index contributed by atoms with van der Waals surface area (Å²) in [6.07, 6.45) is -0.573. The Balaban J connectivity index is 3.75. The second kappa shape index (κ2) is 8.02. The fourth-order valence-corrected chi connectivity index (χ4v) is 1.44. The van der Waals surface area contributed by atoms with Crippen LogP contribution in [0, 0.1) is 0 Å². The second-order valence-electron chi connectivity index (χ2n) is 3.70. The molecule has 0 aromatic rings. The average molecular weight is 280 g/mol. The lowest BCUT2D eigenvalue weighted by Crippen LogP contribution is -2.25. The molecule has 0 radical (unpaired) electrons. The van der Waals surface area contributed by atoms with Gasteiger partial charge in [0.2, 0.25) is 0 Å². The summed E-state index contributed by atoms with van der Waals surface area (Å²) in [6, 6.07) is 0. The van der Waals surface area contributed by atoms with Gasteiger partial charge in [0, 0.05) is 18.9 Å². The summed E-state index contributed by atoms with van der Waals surface area (Å²) in [5.41, 5.74) is 0. The summed E-state index contributed by atoms with van der Waals surface area (Å²) in [5.74, 6) is -1.38. The molecule has 0 aliphatic carbocycles. The van der Waals surface area contributed by atoms with Crippen molar-refractivity contribution in [1.29, 1.82) is 0 Å². The Morgan fingerprint density at radius 1 is 1.39 bits per heavy atom. The van der Waals surface area contributed by atoms with Gasteiger partial charge in [-0.25, -0.2) is 4.79 Å². The Kier molecular flexibility index (Phi) is 7.50. The standard InChI is InChI=1S/C10H17O7P/c1-3-9(12)16-6-8(11)7-17-10(13)4-5-18(2,14)15/h3,8,11H,1,4-7H2,2H3,(H,14,15). The van der Waals surface area contributed by atoms with Crippen molar-refractivity contribution in [3.63, 3.8) is 0 Å². The highest BCUT2D eigenvalue weighted by Crippen LogP contribution is 2.35. The van der Waals surface area contributed by atoms with Crippen LogP contribution in [0.25, 0.3) is 0 Å². The van der Waals surface area contributed by atoms with Crippen LogP contribution >= 0.6 is 7.37 Å². The third kappa shape index (κ3) is 10.0. The number of aliphatic hydroxyl groups excluding tert-OH is 1. The molecule has 0 aliphatic rings. The number of hydrogen-bond acceptors (Lipinski definition) is 6. The molecule has 0 aliphatic heterocycles. The van der Waals surface area contributed by atoms with Crippen LogP contribution < -0.4 is 0 Å². The second-order valence-corrected chi connectivity index (χ2v) is 6.24. The van der Waals surface area contributed by atoms with E-state index in [1.165, 1.54) is 0 Å². The third-order valence-electron chi connectivity index (χ3n) is 1.75. The topological polar surface area (TPSA) is 110 Å². The van der Waals surface area contributed by atoms with Crippen LogP contribution in [-0.4, -0.2) is 54.1 Å². The van der Waals surface area contributed by atoms with E-state index >= 15 is 0 Å². The Hall–Kier alpha value is -1.17. The first kappa shape index (κ1) is 16.8. The molecule has 0 heterocycles. The van der Waals surface area contributed by atoms with Gasteiger partial charge in [-0.05, 0) is 0 Å². The van der Waals surface area contributed by atoms with Crippen LogP contribution in [0.5, 0.6) is 0 Å². The number of aliphatic hydroxyl groups is 1. The van der Waals surface area contributed by atoms with Gasteiger partial charge in [0.1, 0.15) is 19.3 Å². The Morgan fingerprint density at radius 3 is 2.44 bits per heavy atom. The van der Waals surface area contributed by atoms with Gasteiger partial charge in [-0.3, -0.25) is 9.36 Å². The molecule has 0 amide bonds. The van der Waals surface area contributed by atoms with E-state index in [9.17, 15) is 19.3 Å². The van der Waals surface area contributed by atoms with Crippen molar-refractivity contribution in [2.24, 2.45) is 0 Å². The first-order valence-electron chi connectivity index (χ1n) is 5.17. The minimum absolute atomic E-state index is 0.173. The van der Waals surface area contributed by atoms with E-state index in [1.807, 2.05) is 0 Å². The molecule has 0 aromatic heterocycles. The zero-order valence-corrected chi connectivity index (χ0v) is 11.0. The maximum Gasteiger partial charge on any atom is 0.330 e. The van der Waals surface area contributed by atoms with Crippen molar-refractivity contribution >= 4 is 19.3 Å². The molecule has 0 spiro atoms. The predicted octanol–water partition coefficient (Wildman–Crippen LogP) is -0.0900. The fourth-order valence-electron chi connectivity index (χ4n) is 0.845. The molecule has 0 bridgehead atoms. The number of ether oxygens (including phenoxy) is 2. The molecule has 0 rings (SSSR count). The van der Waals surface area contributed by atoms with E-state index in [0.717, 1.165) is 12.7 Å². The first-order valence-corrected chi connectivity index (χ1v) is 7.46. The van der Waals surface area contributed by atoms with Crippen LogP contribution in [0.4, 0.5) is 0 Å². The Labute approximate surface area is 105 Å². The monoisotopic (exact) mass is 280 g/mol. The van der Waals surface area contributed by atoms with E-state index in [-0.39, 0.29) is 25.8 Å². The van der Waals surface area contributed by atoms with Gasteiger partial charge in [0.25, 0.3) is 0 Å². The van der Waals surface area contributed by atoms with Crippen molar-refractivity contribution in [1.82, 2.24) is 0 Å². The molecular weight excluding hydrogens is 263 g/mol. The molecule has 2 N–H and O–H groups in total. The number of esters is 2. The van der Waals surface area contributed by atoms with Gasteiger partial charge in [-0.2, -0.15) is 0 Å². The van der Waals surface area contributed by atoms with Gasteiger partial charge in [-0.15, -0.1) is 0 Å². The van der Waals surface area contributed by atoms with Gasteiger partial charge < -0.3 is 19.5 Å². The molecule has 0 aromatic carbocycles. The minimum atomic E-state index is -3.24. The maximum atomic E-state index is 11.1. The third-order valence-corrected chi connectivity index (χ3v) is 2.81. The van der Waals surface area contributed by atoms with Gasteiger partial charge in [-0.1, -0.05) is 6.58 Å². The fraction of sp³-hybridized carbons (Fsp3) is 0.600. The molecule has 0 saturated carbocycles. The highest BCUT2D eigenvalue weighted by molar-refractivity contribution is 7.57. The maximum absolute atomic E-state index is 11.1. The minimum Gasteiger partial charge on any atom is -0.463 e. The highest BCUT2D eigenvalue weighted by Gasteiger charge is 2.15. The number of carbonyl (C=O) groups is 2. The predicted molar refractivity (Wildman–Crippen MR) is 63.4 cm³/mol. The van der Waals surface area contributed by atoms with Crippen molar-refractivity contribution in [2.45, 2.75) is 12.5 Å². The van der Waals surface area contributed by atoms with Crippen LogP contribution in [-0.2, 0) is 23.6 Å². The van der Waals surface area contributed by atoms with Crippen molar-refractivity contribution < 1.29 is 33.6 Å². The molecule has 0 saturated heterocycles. The van der Waals surface area contributed by atoms with Gasteiger partial charge >= 0.3 is 11.9 Å². The average Bonchev–Trinajstić information content (AvgIpc) is 2.29. The lowest BCUT2D eigenvalue weighted by Gasteiger charge is -2.11. The van der Waals surface area contributed by atoms with Crippen LogP contribution in [0.3, 0.4) is 0 Å².